The van der Waals surface area contributed by atoms with E-state index in [9.17, 15) is 0 Å². The van der Waals surface area contributed by atoms with Crippen LogP contribution in [0, 0.1) is 0 Å². The van der Waals surface area contributed by atoms with Crippen molar-refractivity contribution in [3.8, 4) is 22.3 Å². The van der Waals surface area contributed by atoms with Crippen molar-refractivity contribution in [1.29, 1.82) is 0 Å². The first-order valence-corrected chi connectivity index (χ1v) is 9.39. The standard InChI is InChI=1S/C24H16S/c1-2-8-17(9-3-1)23-19-10-4-6-12-21(19)24(18-14-15-25-16-18)22-13-7-5-11-20(22)23/h1-16H. The maximum atomic E-state index is 2.25. The first-order chi connectivity index (χ1) is 12.4. The van der Waals surface area contributed by atoms with E-state index in [1.807, 2.05) is 0 Å². The molecule has 118 valence electrons. The Balaban J connectivity index is 2.04. The molecule has 0 aliphatic rings. The Morgan fingerprint density at radius 1 is 0.440 bits per heavy atom. The molecule has 5 rings (SSSR count). The maximum Gasteiger partial charge on any atom is -0.00143 e. The fourth-order valence-corrected chi connectivity index (χ4v) is 4.41. The third-order valence-electron chi connectivity index (χ3n) is 4.80. The third-order valence-corrected chi connectivity index (χ3v) is 5.49. The van der Waals surface area contributed by atoms with Gasteiger partial charge in [0.05, 0.1) is 0 Å². The summed E-state index contributed by atoms with van der Waals surface area (Å²) in [5.74, 6) is 0. The lowest BCUT2D eigenvalue weighted by Crippen LogP contribution is -1.89. The summed E-state index contributed by atoms with van der Waals surface area (Å²) in [6, 6.07) is 30.5. The molecule has 0 aliphatic carbocycles. The zero-order valence-electron chi connectivity index (χ0n) is 13.6. The molecule has 0 bridgehead atoms. The van der Waals surface area contributed by atoms with Gasteiger partial charge in [0.1, 0.15) is 0 Å². The summed E-state index contributed by atoms with van der Waals surface area (Å²) in [6.07, 6.45) is 0. The summed E-state index contributed by atoms with van der Waals surface area (Å²) in [5.41, 5.74) is 5.24. The Labute approximate surface area is 151 Å². The van der Waals surface area contributed by atoms with E-state index in [0.29, 0.717) is 0 Å². The summed E-state index contributed by atoms with van der Waals surface area (Å²) >= 11 is 1.75. The van der Waals surface area contributed by atoms with Gasteiger partial charge in [0.15, 0.2) is 0 Å². The van der Waals surface area contributed by atoms with E-state index in [2.05, 4.69) is 95.7 Å². The first kappa shape index (κ1) is 14.4. The van der Waals surface area contributed by atoms with Gasteiger partial charge in [-0.3, -0.25) is 0 Å². The second-order valence-corrected chi connectivity index (χ2v) is 7.00. The van der Waals surface area contributed by atoms with E-state index in [4.69, 9.17) is 0 Å². The highest BCUT2D eigenvalue weighted by Crippen LogP contribution is 2.43. The molecule has 0 fully saturated rings. The number of fused-ring (bicyclic) bond motifs is 2. The first-order valence-electron chi connectivity index (χ1n) is 8.45. The minimum atomic E-state index is 1.27. The Bertz CT molecular complexity index is 1110. The molecule has 0 aliphatic heterocycles. The Hall–Kier alpha value is -2.90. The molecule has 0 spiro atoms. The summed E-state index contributed by atoms with van der Waals surface area (Å²) in [4.78, 5) is 0. The van der Waals surface area contributed by atoms with Gasteiger partial charge in [-0.2, -0.15) is 11.3 Å². The van der Waals surface area contributed by atoms with Gasteiger partial charge in [-0.15, -0.1) is 0 Å². The van der Waals surface area contributed by atoms with Gasteiger partial charge in [-0.25, -0.2) is 0 Å². The van der Waals surface area contributed by atoms with Crippen LogP contribution >= 0.6 is 11.3 Å². The van der Waals surface area contributed by atoms with Crippen molar-refractivity contribution in [3.05, 3.63) is 95.7 Å². The Kier molecular flexibility index (Phi) is 3.39. The number of hydrogen-bond donors (Lipinski definition) is 0. The van der Waals surface area contributed by atoms with Crippen LogP contribution in [0.3, 0.4) is 0 Å². The summed E-state index contributed by atoms with van der Waals surface area (Å²) in [7, 11) is 0. The number of thiophene rings is 1. The van der Waals surface area contributed by atoms with Gasteiger partial charge in [-0.1, -0.05) is 78.9 Å². The van der Waals surface area contributed by atoms with Crippen molar-refractivity contribution in [2.75, 3.05) is 0 Å². The van der Waals surface area contributed by atoms with Crippen LogP contribution in [-0.4, -0.2) is 0 Å². The maximum absolute atomic E-state index is 2.25. The Morgan fingerprint density at radius 3 is 1.40 bits per heavy atom. The minimum Gasteiger partial charge on any atom is -0.152 e. The molecule has 5 aromatic rings. The van der Waals surface area contributed by atoms with Crippen LogP contribution in [0.15, 0.2) is 95.7 Å². The fourth-order valence-electron chi connectivity index (χ4n) is 3.76. The van der Waals surface area contributed by atoms with E-state index in [0.717, 1.165) is 0 Å². The quantitative estimate of drug-likeness (QED) is 0.295. The lowest BCUT2D eigenvalue weighted by atomic mass is 9.87. The van der Waals surface area contributed by atoms with Crippen LogP contribution in [0.5, 0.6) is 0 Å². The molecule has 0 saturated carbocycles. The lowest BCUT2D eigenvalue weighted by molar-refractivity contribution is 1.67. The van der Waals surface area contributed by atoms with Crippen LogP contribution < -0.4 is 0 Å². The van der Waals surface area contributed by atoms with Gasteiger partial charge >= 0.3 is 0 Å². The molecule has 0 amide bonds. The number of rotatable bonds is 2. The van der Waals surface area contributed by atoms with Crippen LogP contribution in [0.2, 0.25) is 0 Å². The molecule has 1 aromatic heterocycles. The van der Waals surface area contributed by atoms with E-state index < -0.39 is 0 Å². The van der Waals surface area contributed by atoms with Crippen molar-refractivity contribution < 1.29 is 0 Å². The average Bonchev–Trinajstić information content (AvgIpc) is 3.21. The molecule has 0 nitrogen and oxygen atoms in total. The molecule has 0 N–H and O–H groups in total. The van der Waals surface area contributed by atoms with E-state index in [1.165, 1.54) is 43.8 Å². The van der Waals surface area contributed by atoms with Crippen molar-refractivity contribution in [2.45, 2.75) is 0 Å². The van der Waals surface area contributed by atoms with E-state index in [-0.39, 0.29) is 0 Å². The largest absolute Gasteiger partial charge is 0.152 e. The molecular formula is C24H16S. The van der Waals surface area contributed by atoms with Crippen molar-refractivity contribution in [2.24, 2.45) is 0 Å². The predicted octanol–water partition coefficient (Wildman–Crippen LogP) is 7.39. The summed E-state index contributed by atoms with van der Waals surface area (Å²) < 4.78 is 0. The second kappa shape index (κ2) is 5.87. The van der Waals surface area contributed by atoms with Gasteiger partial charge in [-0.05, 0) is 60.6 Å². The van der Waals surface area contributed by atoms with Crippen LogP contribution in [-0.2, 0) is 0 Å². The van der Waals surface area contributed by atoms with Gasteiger partial charge in [0, 0.05) is 0 Å². The van der Waals surface area contributed by atoms with E-state index >= 15 is 0 Å². The number of hydrogen-bond acceptors (Lipinski definition) is 1. The van der Waals surface area contributed by atoms with Gasteiger partial charge in [0.2, 0.25) is 0 Å². The fraction of sp³-hybridized carbons (Fsp3) is 0. The predicted molar refractivity (Wildman–Crippen MR) is 110 cm³/mol. The highest BCUT2D eigenvalue weighted by molar-refractivity contribution is 7.08. The molecule has 1 heterocycles. The monoisotopic (exact) mass is 336 g/mol. The molecule has 1 heteroatoms. The second-order valence-electron chi connectivity index (χ2n) is 6.22. The molecular weight excluding hydrogens is 320 g/mol. The molecule has 0 atom stereocenters. The van der Waals surface area contributed by atoms with Crippen molar-refractivity contribution >= 4 is 32.9 Å². The van der Waals surface area contributed by atoms with Gasteiger partial charge < -0.3 is 0 Å². The highest BCUT2D eigenvalue weighted by atomic mass is 32.1. The third kappa shape index (κ3) is 2.28. The molecule has 0 unspecified atom stereocenters. The minimum absolute atomic E-state index is 1.27. The lowest BCUT2D eigenvalue weighted by Gasteiger charge is -2.16. The molecule has 0 saturated heterocycles. The Morgan fingerprint density at radius 2 is 0.920 bits per heavy atom. The average molecular weight is 336 g/mol. The van der Waals surface area contributed by atoms with Gasteiger partial charge in [0.25, 0.3) is 0 Å². The van der Waals surface area contributed by atoms with Crippen LogP contribution in [0.1, 0.15) is 0 Å². The topological polar surface area (TPSA) is 0 Å². The smallest absolute Gasteiger partial charge is 0.00143 e. The SMILES string of the molecule is c1ccc(-c2c3ccccc3c(-c3ccsc3)c3ccccc23)cc1. The summed E-state index contributed by atoms with van der Waals surface area (Å²) in [6.45, 7) is 0. The summed E-state index contributed by atoms with van der Waals surface area (Å²) in [5, 5.41) is 9.67. The molecule has 4 aromatic carbocycles. The van der Waals surface area contributed by atoms with Crippen LogP contribution in [0.4, 0.5) is 0 Å². The molecule has 25 heavy (non-hydrogen) atoms. The van der Waals surface area contributed by atoms with Crippen molar-refractivity contribution in [3.63, 3.8) is 0 Å². The van der Waals surface area contributed by atoms with Crippen LogP contribution in [0.25, 0.3) is 43.8 Å². The molecule has 0 radical (unpaired) electrons. The number of benzene rings is 4. The normalized spacial score (nSPS) is 11.2. The zero-order chi connectivity index (χ0) is 16.6. The van der Waals surface area contributed by atoms with Crippen molar-refractivity contribution in [1.82, 2.24) is 0 Å². The highest BCUT2D eigenvalue weighted by Gasteiger charge is 2.15. The zero-order valence-corrected chi connectivity index (χ0v) is 14.5. The van der Waals surface area contributed by atoms with E-state index in [1.54, 1.807) is 11.3 Å².